The van der Waals surface area contributed by atoms with Crippen LogP contribution in [-0.2, 0) is 20.7 Å². The van der Waals surface area contributed by atoms with Gasteiger partial charge < -0.3 is 4.74 Å². The number of benzene rings is 2. The number of pyridine rings is 1. The van der Waals surface area contributed by atoms with Crippen LogP contribution in [0.15, 0.2) is 64.4 Å². The minimum atomic E-state index is -4.94. The number of rotatable bonds is 1. The van der Waals surface area contributed by atoms with Crippen LogP contribution in [-0.4, -0.2) is 8.42 Å². The molecule has 0 bridgehead atoms. The average molecular weight is 536 g/mol. The predicted molar refractivity (Wildman–Crippen MR) is 122 cm³/mol. The van der Waals surface area contributed by atoms with Crippen molar-refractivity contribution >= 4 is 9.84 Å². The summed E-state index contributed by atoms with van der Waals surface area (Å²) in [5.74, 6) is 0.737. The molecule has 1 aliphatic rings. The normalized spacial score (nSPS) is 14.6. The molecule has 36 heavy (non-hydrogen) atoms. The highest BCUT2D eigenvalue weighted by atomic mass is 35.7. The van der Waals surface area contributed by atoms with E-state index in [0.29, 0.717) is 11.5 Å². The van der Waals surface area contributed by atoms with E-state index < -0.39 is 20.1 Å². The maximum Gasteiger partial charge on any atom is 0.214 e. The summed E-state index contributed by atoms with van der Waals surface area (Å²) in [6.45, 7) is 15.2. The number of para-hydroxylation sites is 1. The molecule has 4 rings (SSSR count). The summed E-state index contributed by atoms with van der Waals surface area (Å²) in [6.07, 6.45) is 0. The van der Waals surface area contributed by atoms with Crippen LogP contribution in [0.25, 0.3) is 5.69 Å². The van der Waals surface area contributed by atoms with Crippen LogP contribution in [0.1, 0.15) is 58.5 Å². The number of aryl methyl sites for hydroxylation is 1. The molecule has 2 aromatic carbocycles. The number of sulfone groups is 1. The summed E-state index contributed by atoms with van der Waals surface area (Å²) < 4.78 is 68.9. The van der Waals surface area contributed by atoms with Gasteiger partial charge in [-0.3, -0.25) is 0 Å². The van der Waals surface area contributed by atoms with Gasteiger partial charge in [-0.15, -0.1) is 10.2 Å². The highest BCUT2D eigenvalue weighted by molar-refractivity contribution is 7.91. The number of ether oxygens (including phenoxy) is 1. The van der Waals surface area contributed by atoms with Crippen molar-refractivity contribution in [2.75, 3.05) is 0 Å². The van der Waals surface area contributed by atoms with Gasteiger partial charge in [0, 0.05) is 35.1 Å². The lowest BCUT2D eigenvalue weighted by atomic mass is 9.85. The molecular weight excluding hydrogens is 506 g/mol. The van der Waals surface area contributed by atoms with Gasteiger partial charge >= 0.3 is 0 Å². The van der Waals surface area contributed by atoms with Crippen LogP contribution >= 0.6 is 0 Å². The molecule has 0 atom stereocenters. The van der Waals surface area contributed by atoms with Gasteiger partial charge in [0.25, 0.3) is 0 Å². The first-order valence-electron chi connectivity index (χ1n) is 11.2. The molecular formula is C26H30ClNO7S. The molecule has 0 N–H and O–H groups in total. The quantitative estimate of drug-likeness (QED) is 0.332. The second-order valence-electron chi connectivity index (χ2n) is 10.7. The number of fused-ring (bicyclic) bond motifs is 2. The second kappa shape index (κ2) is 9.41. The van der Waals surface area contributed by atoms with E-state index in [1.165, 1.54) is 5.56 Å². The van der Waals surface area contributed by atoms with E-state index in [1.807, 2.05) is 6.07 Å². The van der Waals surface area contributed by atoms with Crippen molar-refractivity contribution in [3.8, 4) is 17.2 Å². The summed E-state index contributed by atoms with van der Waals surface area (Å²) >= 11 is 0. The van der Waals surface area contributed by atoms with E-state index in [2.05, 4.69) is 65.2 Å². The number of hydrogen-bond acceptors (Lipinski definition) is 7. The average Bonchev–Trinajstić information content (AvgIpc) is 2.71. The first-order chi connectivity index (χ1) is 16.3. The van der Waals surface area contributed by atoms with Gasteiger partial charge in [-0.2, -0.15) is 4.57 Å². The Morgan fingerprint density at radius 3 is 1.72 bits per heavy atom. The van der Waals surface area contributed by atoms with Gasteiger partial charge in [0.1, 0.15) is 21.3 Å². The Labute approximate surface area is 214 Å². The third-order valence-electron chi connectivity index (χ3n) is 5.58. The van der Waals surface area contributed by atoms with Gasteiger partial charge in [0.2, 0.25) is 15.5 Å². The molecule has 10 heteroatoms. The zero-order valence-electron chi connectivity index (χ0n) is 21.3. The minimum absolute atomic E-state index is 0.135. The van der Waals surface area contributed by atoms with E-state index in [-0.39, 0.29) is 20.6 Å². The highest BCUT2D eigenvalue weighted by Crippen LogP contribution is 2.43. The monoisotopic (exact) mass is 535 g/mol. The summed E-state index contributed by atoms with van der Waals surface area (Å²) in [7, 11) is -8.62. The molecule has 8 nitrogen and oxygen atoms in total. The van der Waals surface area contributed by atoms with Crippen LogP contribution in [0.2, 0.25) is 0 Å². The van der Waals surface area contributed by atoms with Gasteiger partial charge in [0.05, 0.1) is 0 Å². The Kier molecular flexibility index (Phi) is 7.33. The summed E-state index contributed by atoms with van der Waals surface area (Å²) in [5.41, 5.74) is 4.00. The van der Waals surface area contributed by atoms with Crippen molar-refractivity contribution < 1.29 is 46.6 Å². The highest BCUT2D eigenvalue weighted by Gasteiger charge is 2.37. The zero-order valence-corrected chi connectivity index (χ0v) is 22.9. The first kappa shape index (κ1) is 28.0. The molecule has 0 amide bonds. The van der Waals surface area contributed by atoms with Crippen LogP contribution in [0.3, 0.4) is 0 Å². The number of halogens is 1. The molecule has 0 unspecified atom stereocenters. The molecule has 0 aliphatic carbocycles. The van der Waals surface area contributed by atoms with Crippen molar-refractivity contribution in [2.24, 2.45) is 0 Å². The van der Waals surface area contributed by atoms with Crippen molar-refractivity contribution in [3.63, 3.8) is 0 Å². The minimum Gasteiger partial charge on any atom is -0.455 e. The summed E-state index contributed by atoms with van der Waals surface area (Å²) in [6, 6.07) is 16.6. The largest absolute Gasteiger partial charge is 0.455 e. The molecule has 0 spiro atoms. The molecule has 194 valence electrons. The van der Waals surface area contributed by atoms with Gasteiger partial charge in [-0.1, -0.05) is 53.7 Å². The van der Waals surface area contributed by atoms with E-state index in [1.54, 1.807) is 36.4 Å². The number of hydrogen-bond donors (Lipinski definition) is 0. The lowest BCUT2D eigenvalue weighted by molar-refractivity contribution is -2.00. The van der Waals surface area contributed by atoms with Crippen LogP contribution < -0.4 is 27.9 Å². The Balaban J connectivity index is 0.000000658. The van der Waals surface area contributed by atoms with E-state index >= 15 is 0 Å². The van der Waals surface area contributed by atoms with Crippen molar-refractivity contribution in [3.05, 3.63) is 71.5 Å². The fraction of sp³-hybridized carbons (Fsp3) is 0.346. The molecule has 0 radical (unpaired) electrons. The van der Waals surface area contributed by atoms with Gasteiger partial charge in [0.15, 0.2) is 11.4 Å². The lowest BCUT2D eigenvalue weighted by Crippen LogP contribution is -2.68. The van der Waals surface area contributed by atoms with Gasteiger partial charge in [-0.25, -0.2) is 27.1 Å². The predicted octanol–water partition coefficient (Wildman–Crippen LogP) is 1.05. The molecule has 3 aromatic rings. The maximum atomic E-state index is 13.4. The zero-order chi connectivity index (χ0) is 27.3. The van der Waals surface area contributed by atoms with Crippen molar-refractivity contribution in [2.45, 2.75) is 69.1 Å². The lowest BCUT2D eigenvalue weighted by Gasteiger charge is -2.25. The van der Waals surface area contributed by atoms with E-state index in [9.17, 15) is 8.42 Å². The summed E-state index contributed by atoms with van der Waals surface area (Å²) in [4.78, 5) is 0.414. The van der Waals surface area contributed by atoms with E-state index in [4.69, 9.17) is 23.4 Å². The molecule has 1 aromatic heterocycles. The molecule has 0 saturated heterocycles. The first-order valence-corrected chi connectivity index (χ1v) is 13.9. The molecule has 1 aliphatic heterocycles. The smallest absolute Gasteiger partial charge is 0.214 e. The Morgan fingerprint density at radius 1 is 0.750 bits per heavy atom. The van der Waals surface area contributed by atoms with Gasteiger partial charge in [-0.05, 0) is 30.7 Å². The topological polar surface area (TPSA) is 139 Å². The number of aromatic nitrogens is 1. The van der Waals surface area contributed by atoms with Crippen molar-refractivity contribution in [1.29, 1.82) is 0 Å². The molecule has 0 fully saturated rings. The fourth-order valence-corrected chi connectivity index (χ4v) is 5.56. The Morgan fingerprint density at radius 2 is 1.22 bits per heavy atom. The SMILES string of the molecule is Cc1cc(C(C)(C)C)[n+](-c2ccc3c(c2)S(=O)(=O)c2ccccc2O3)c(C(C)(C)C)c1.[O-][Cl+3]([O-])([O-])[O-]. The summed E-state index contributed by atoms with van der Waals surface area (Å²) in [5, 5.41) is 0. The Hall–Kier alpha value is -2.53. The van der Waals surface area contributed by atoms with Crippen LogP contribution in [0.5, 0.6) is 11.5 Å². The molecule has 0 saturated carbocycles. The Bertz CT molecular complexity index is 1360. The fourth-order valence-electron chi connectivity index (χ4n) is 4.04. The van der Waals surface area contributed by atoms with Crippen LogP contribution in [0, 0.1) is 17.2 Å². The maximum absolute atomic E-state index is 13.4. The number of nitrogens with zero attached hydrogens (tertiary/aromatic N) is 1. The third-order valence-corrected chi connectivity index (χ3v) is 7.40. The standard InChI is InChI=1S/C26H30NO3S.ClHO4/c1-17-14-23(25(2,3)4)27(24(15-17)26(5,6)7)18-12-13-20-22(16-18)31(28,29)21-11-9-8-10-19(21)30-20;2-1(3,4)5/h8-16H,1-7H3;(H,2,3,4,5)/q+1;/p-1. The van der Waals surface area contributed by atoms with E-state index in [0.717, 1.165) is 17.1 Å². The molecule has 2 heterocycles. The third kappa shape index (κ3) is 6.05. The van der Waals surface area contributed by atoms with Crippen molar-refractivity contribution in [1.82, 2.24) is 0 Å². The van der Waals surface area contributed by atoms with Crippen LogP contribution in [0.4, 0.5) is 0 Å². The second-order valence-corrected chi connectivity index (χ2v) is 13.3.